The number of methoxy groups -OCH3 is 1. The second-order valence-electron chi connectivity index (χ2n) is 10.7. The largest absolute Gasteiger partial charge is 0.497 e. The molecule has 4 aromatic carbocycles. The Balaban J connectivity index is 1.61. The highest BCUT2D eigenvalue weighted by Gasteiger charge is 2.53. The minimum Gasteiger partial charge on any atom is -0.497 e. The van der Waals surface area contributed by atoms with Gasteiger partial charge in [0.05, 0.1) is 20.3 Å². The number of aliphatic imine (C=N–C) groups is 1. The maximum absolute atomic E-state index is 14.5. The van der Waals surface area contributed by atoms with E-state index in [2.05, 4.69) is 15.3 Å². The molecule has 0 aromatic heterocycles. The van der Waals surface area contributed by atoms with E-state index in [4.69, 9.17) is 29.8 Å². The summed E-state index contributed by atoms with van der Waals surface area (Å²) in [5.41, 5.74) is 10.9. The van der Waals surface area contributed by atoms with Crippen molar-refractivity contribution in [3.05, 3.63) is 141 Å². The second kappa shape index (κ2) is 15.1. The van der Waals surface area contributed by atoms with Crippen LogP contribution >= 0.6 is 0 Å². The number of amides is 1. The second-order valence-corrected chi connectivity index (χ2v) is 10.7. The molecule has 11 heteroatoms. The Kier molecular flexibility index (Phi) is 10.5. The SMILES string of the molecule is COc1cccc([C@H]2OC(c3ccc(OCCCO)cc3)=N[C@@]2(Cc2ccccc2CN=[N+]=[N-])C(=O)NCc2cccc(F)c2)c1. The number of carbonyl (C=O) groups excluding carboxylic acids is 1. The summed E-state index contributed by atoms with van der Waals surface area (Å²) < 4.78 is 31.8. The molecule has 0 saturated carbocycles. The van der Waals surface area contributed by atoms with Gasteiger partial charge in [0.15, 0.2) is 11.6 Å². The third-order valence-electron chi connectivity index (χ3n) is 7.65. The van der Waals surface area contributed by atoms with Crippen LogP contribution < -0.4 is 14.8 Å². The molecule has 0 unspecified atom stereocenters. The summed E-state index contributed by atoms with van der Waals surface area (Å²) in [4.78, 5) is 22.5. The Morgan fingerprint density at radius 2 is 1.83 bits per heavy atom. The molecule has 236 valence electrons. The van der Waals surface area contributed by atoms with Crippen LogP contribution in [0.25, 0.3) is 10.4 Å². The highest BCUT2D eigenvalue weighted by molar-refractivity contribution is 6.01. The van der Waals surface area contributed by atoms with Crippen molar-refractivity contribution in [1.29, 1.82) is 0 Å². The third kappa shape index (κ3) is 7.46. The van der Waals surface area contributed by atoms with Crippen LogP contribution in [0.15, 0.2) is 107 Å². The first kappa shape index (κ1) is 32.0. The smallest absolute Gasteiger partial charge is 0.252 e. The van der Waals surface area contributed by atoms with Crippen molar-refractivity contribution in [2.45, 2.75) is 37.6 Å². The van der Waals surface area contributed by atoms with Crippen LogP contribution in [0.3, 0.4) is 0 Å². The van der Waals surface area contributed by atoms with Gasteiger partial charge in [-0.1, -0.05) is 53.6 Å². The van der Waals surface area contributed by atoms with Crippen LogP contribution in [0.1, 0.15) is 40.3 Å². The van der Waals surface area contributed by atoms with Gasteiger partial charge in [-0.25, -0.2) is 9.38 Å². The van der Waals surface area contributed by atoms with Gasteiger partial charge in [0.2, 0.25) is 5.90 Å². The van der Waals surface area contributed by atoms with Crippen LogP contribution in [0.5, 0.6) is 11.5 Å². The molecule has 0 spiro atoms. The van der Waals surface area contributed by atoms with Gasteiger partial charge in [0.25, 0.3) is 5.91 Å². The molecular formula is C35H34FN5O5. The molecule has 1 heterocycles. The minimum atomic E-state index is -1.53. The molecule has 0 bridgehead atoms. The highest BCUT2D eigenvalue weighted by Crippen LogP contribution is 2.43. The number of aliphatic hydroxyl groups is 1. The average molecular weight is 624 g/mol. The van der Waals surface area contributed by atoms with Crippen LogP contribution in [0.4, 0.5) is 4.39 Å². The number of aliphatic hydroxyl groups excluding tert-OH is 1. The van der Waals surface area contributed by atoms with Gasteiger partial charge in [-0.05, 0) is 76.3 Å². The van der Waals surface area contributed by atoms with Crippen molar-refractivity contribution in [1.82, 2.24) is 5.32 Å². The summed E-state index contributed by atoms with van der Waals surface area (Å²) in [7, 11) is 1.56. The van der Waals surface area contributed by atoms with Gasteiger partial charge >= 0.3 is 0 Å². The van der Waals surface area contributed by atoms with E-state index < -0.39 is 23.4 Å². The topological polar surface area (TPSA) is 138 Å². The summed E-state index contributed by atoms with van der Waals surface area (Å²) in [6.45, 7) is 0.555. The van der Waals surface area contributed by atoms with Crippen molar-refractivity contribution < 1.29 is 28.5 Å². The first-order chi connectivity index (χ1) is 22.5. The van der Waals surface area contributed by atoms with Crippen molar-refractivity contribution in [2.75, 3.05) is 20.3 Å². The zero-order valence-corrected chi connectivity index (χ0v) is 25.3. The lowest BCUT2D eigenvalue weighted by Gasteiger charge is -2.31. The molecule has 0 aliphatic carbocycles. The number of nitrogens with zero attached hydrogens (tertiary/aromatic N) is 4. The molecule has 10 nitrogen and oxygen atoms in total. The quantitative estimate of drug-likeness (QED) is 0.0743. The van der Waals surface area contributed by atoms with Gasteiger partial charge in [0.1, 0.15) is 17.3 Å². The first-order valence-corrected chi connectivity index (χ1v) is 14.8. The van der Waals surface area contributed by atoms with Gasteiger partial charge in [-0.2, -0.15) is 0 Å². The van der Waals surface area contributed by atoms with Gasteiger partial charge in [-0.3, -0.25) is 4.79 Å². The maximum atomic E-state index is 14.5. The molecule has 0 radical (unpaired) electrons. The zero-order chi connectivity index (χ0) is 32.4. The van der Waals surface area contributed by atoms with Crippen LogP contribution in [0.2, 0.25) is 0 Å². The number of halogens is 1. The molecule has 1 aliphatic rings. The Morgan fingerprint density at radius 1 is 1.04 bits per heavy atom. The summed E-state index contributed by atoms with van der Waals surface area (Å²) >= 11 is 0. The zero-order valence-electron chi connectivity index (χ0n) is 25.3. The average Bonchev–Trinajstić information content (AvgIpc) is 3.47. The fraction of sp³-hybridized carbons (Fsp3) is 0.257. The summed E-state index contributed by atoms with van der Waals surface area (Å²) in [6.07, 6.45) is -0.278. The summed E-state index contributed by atoms with van der Waals surface area (Å²) in [5.74, 6) is 0.615. The molecule has 46 heavy (non-hydrogen) atoms. The van der Waals surface area contributed by atoms with Crippen molar-refractivity contribution >= 4 is 11.8 Å². The van der Waals surface area contributed by atoms with Gasteiger partial charge in [0, 0.05) is 36.5 Å². The maximum Gasteiger partial charge on any atom is 0.252 e. The standard InChI is InChI=1S/C35H34FN5O5/c1-44-31-12-5-10-26(20-31)32-35(21-27-8-2-3-9-28(27)23-39-41-37,34(43)38-22-24-7-4-11-29(36)19-24)40-33(46-32)25-13-15-30(16-14-25)45-18-6-17-42/h2-5,7-16,19-20,32,42H,6,17-18,21-23H2,1H3,(H,38,43)/t32-,35-/m1/s1. The first-order valence-electron chi connectivity index (χ1n) is 14.8. The number of carbonyl (C=O) groups is 1. The molecule has 1 amide bonds. The minimum absolute atomic E-state index is 0.0315. The normalized spacial score (nSPS) is 16.9. The highest BCUT2D eigenvalue weighted by atomic mass is 19.1. The lowest BCUT2D eigenvalue weighted by Crippen LogP contribution is -2.49. The van der Waals surface area contributed by atoms with E-state index in [1.165, 1.54) is 12.1 Å². The Bertz CT molecular complexity index is 1740. The fourth-order valence-corrected chi connectivity index (χ4v) is 5.35. The molecule has 5 rings (SSSR count). The van der Waals surface area contributed by atoms with Crippen molar-refractivity contribution in [2.24, 2.45) is 10.1 Å². The number of azide groups is 1. The van der Waals surface area contributed by atoms with Crippen LogP contribution in [-0.2, 0) is 29.0 Å². The summed E-state index contributed by atoms with van der Waals surface area (Å²) in [5, 5.41) is 15.8. The molecule has 0 fully saturated rings. The van der Waals surface area contributed by atoms with Gasteiger partial charge < -0.3 is 24.6 Å². The predicted octanol–water partition coefficient (Wildman–Crippen LogP) is 6.22. The number of benzene rings is 4. The van der Waals surface area contributed by atoms with E-state index in [-0.39, 0.29) is 32.0 Å². The Labute approximate surface area is 266 Å². The Hall–Kier alpha value is -5.38. The van der Waals surface area contributed by atoms with Gasteiger partial charge in [-0.15, -0.1) is 0 Å². The van der Waals surface area contributed by atoms with E-state index >= 15 is 0 Å². The molecule has 1 aliphatic heterocycles. The summed E-state index contributed by atoms with van der Waals surface area (Å²) in [6, 6.07) is 27.9. The predicted molar refractivity (Wildman–Crippen MR) is 171 cm³/mol. The van der Waals surface area contributed by atoms with E-state index in [9.17, 15) is 9.18 Å². The molecular weight excluding hydrogens is 589 g/mol. The van der Waals surface area contributed by atoms with Crippen molar-refractivity contribution in [3.63, 3.8) is 0 Å². The lowest BCUT2D eigenvalue weighted by atomic mass is 9.80. The van der Waals surface area contributed by atoms with E-state index in [0.29, 0.717) is 41.2 Å². The molecule has 4 aromatic rings. The monoisotopic (exact) mass is 623 g/mol. The van der Waals surface area contributed by atoms with Crippen LogP contribution in [-0.4, -0.2) is 42.8 Å². The lowest BCUT2D eigenvalue weighted by molar-refractivity contribution is -0.129. The third-order valence-corrected chi connectivity index (χ3v) is 7.65. The molecule has 2 atom stereocenters. The van der Waals surface area contributed by atoms with Crippen LogP contribution in [0, 0.1) is 5.82 Å². The fourth-order valence-electron chi connectivity index (χ4n) is 5.35. The van der Waals surface area contributed by atoms with E-state index in [0.717, 1.165) is 11.1 Å². The number of hydrogen-bond donors (Lipinski definition) is 2. The number of nitrogens with one attached hydrogen (secondary N) is 1. The molecule has 0 saturated heterocycles. The van der Waals surface area contributed by atoms with E-state index in [1.54, 1.807) is 49.6 Å². The molecule has 2 N–H and O–H groups in total. The number of rotatable bonds is 14. The number of hydrogen-bond acceptors (Lipinski definition) is 7. The van der Waals surface area contributed by atoms with E-state index in [1.807, 2.05) is 42.5 Å². The Morgan fingerprint density at radius 3 is 2.57 bits per heavy atom. The van der Waals surface area contributed by atoms with Crippen molar-refractivity contribution in [3.8, 4) is 11.5 Å². The number of ether oxygens (including phenoxy) is 3.